The highest BCUT2D eigenvalue weighted by Gasteiger charge is 2.16. The first-order valence-electron chi connectivity index (χ1n) is 6.35. The molecule has 0 aliphatic heterocycles. The van der Waals surface area contributed by atoms with E-state index in [0.717, 1.165) is 15.2 Å². The second-order valence-electron chi connectivity index (χ2n) is 4.48. The molecule has 1 unspecified atom stereocenters. The second kappa shape index (κ2) is 6.97. The first-order chi connectivity index (χ1) is 9.52. The van der Waals surface area contributed by atoms with Gasteiger partial charge >= 0.3 is 0 Å². The third-order valence-corrected chi connectivity index (χ3v) is 4.97. The lowest BCUT2D eigenvalue weighted by atomic mass is 10.0. The lowest BCUT2D eigenvalue weighted by molar-refractivity contribution is 0.340. The van der Waals surface area contributed by atoms with Crippen LogP contribution in [0, 0.1) is 6.92 Å². The van der Waals surface area contributed by atoms with E-state index < -0.39 is 0 Å². The van der Waals surface area contributed by atoms with E-state index in [0.29, 0.717) is 6.61 Å². The van der Waals surface area contributed by atoms with Gasteiger partial charge in [0.2, 0.25) is 0 Å². The summed E-state index contributed by atoms with van der Waals surface area (Å²) < 4.78 is 6.53. The molecule has 20 heavy (non-hydrogen) atoms. The fourth-order valence-corrected chi connectivity index (χ4v) is 4.09. The Balaban J connectivity index is 2.35. The van der Waals surface area contributed by atoms with Crippen LogP contribution in [0.3, 0.4) is 0 Å². The molecule has 0 fully saturated rings. The number of hydrogen-bond donors (Lipinski definition) is 0. The molecule has 0 amide bonds. The van der Waals surface area contributed by atoms with Crippen molar-refractivity contribution in [2.24, 2.45) is 0 Å². The van der Waals surface area contributed by atoms with Gasteiger partial charge in [0.15, 0.2) is 0 Å². The normalized spacial score (nSPS) is 12.2. The van der Waals surface area contributed by atoms with Crippen LogP contribution in [-0.2, 0) is 0 Å². The summed E-state index contributed by atoms with van der Waals surface area (Å²) in [6.07, 6.45) is 0. The van der Waals surface area contributed by atoms with Crippen molar-refractivity contribution < 1.29 is 4.74 Å². The minimum absolute atomic E-state index is 0.116. The highest BCUT2D eigenvalue weighted by atomic mass is 79.9. The molecule has 106 valence electrons. The molecule has 0 saturated heterocycles. The lowest BCUT2D eigenvalue weighted by Gasteiger charge is -2.16. The lowest BCUT2D eigenvalue weighted by Crippen LogP contribution is -1.98. The predicted molar refractivity (Wildman–Crippen MR) is 92.3 cm³/mol. The van der Waals surface area contributed by atoms with Gasteiger partial charge < -0.3 is 4.74 Å². The molecule has 2 rings (SSSR count). The monoisotopic (exact) mass is 416 g/mol. The van der Waals surface area contributed by atoms with Crippen molar-refractivity contribution in [1.29, 1.82) is 0 Å². The molecule has 0 spiro atoms. The summed E-state index contributed by atoms with van der Waals surface area (Å²) in [4.78, 5) is 0.116. The molecule has 0 aliphatic rings. The van der Waals surface area contributed by atoms with Gasteiger partial charge in [-0.3, -0.25) is 0 Å². The molecule has 0 N–H and O–H groups in total. The van der Waals surface area contributed by atoms with E-state index in [2.05, 4.69) is 50.9 Å². The fourth-order valence-electron chi connectivity index (χ4n) is 2.06. The summed E-state index contributed by atoms with van der Waals surface area (Å²) in [7, 11) is 0. The molecule has 4 heteroatoms. The zero-order valence-corrected chi connectivity index (χ0v) is 15.2. The van der Waals surface area contributed by atoms with Gasteiger partial charge in [-0.05, 0) is 54.8 Å². The molecule has 2 aromatic carbocycles. The largest absolute Gasteiger partial charge is 0.494 e. The van der Waals surface area contributed by atoms with Crippen molar-refractivity contribution >= 4 is 43.5 Å². The quantitative estimate of drug-likeness (QED) is 0.530. The molecule has 0 aromatic heterocycles. The van der Waals surface area contributed by atoms with Crippen LogP contribution in [0.2, 0.25) is 5.02 Å². The first-order valence-corrected chi connectivity index (χ1v) is 8.44. The number of rotatable bonds is 4. The van der Waals surface area contributed by atoms with E-state index >= 15 is 0 Å². The number of benzene rings is 2. The summed E-state index contributed by atoms with van der Waals surface area (Å²) in [5.41, 5.74) is 3.54. The Morgan fingerprint density at radius 3 is 2.45 bits per heavy atom. The van der Waals surface area contributed by atoms with Crippen molar-refractivity contribution in [2.45, 2.75) is 18.7 Å². The van der Waals surface area contributed by atoms with E-state index in [1.54, 1.807) is 0 Å². The minimum atomic E-state index is 0.116. The van der Waals surface area contributed by atoms with Gasteiger partial charge in [0.1, 0.15) is 5.75 Å². The van der Waals surface area contributed by atoms with Crippen LogP contribution >= 0.6 is 43.5 Å². The minimum Gasteiger partial charge on any atom is -0.494 e. The van der Waals surface area contributed by atoms with Gasteiger partial charge in [0, 0.05) is 9.50 Å². The molecular weight excluding hydrogens is 403 g/mol. The van der Waals surface area contributed by atoms with Gasteiger partial charge in [-0.1, -0.05) is 55.6 Å². The van der Waals surface area contributed by atoms with E-state index in [1.807, 2.05) is 31.2 Å². The Morgan fingerprint density at radius 1 is 1.15 bits per heavy atom. The highest BCUT2D eigenvalue weighted by Crippen LogP contribution is 2.38. The molecule has 2 aromatic rings. The Kier molecular flexibility index (Phi) is 5.53. The predicted octanol–water partition coefficient (Wildman–Crippen LogP) is 6.29. The van der Waals surface area contributed by atoms with Crippen LogP contribution in [0.4, 0.5) is 0 Å². The van der Waals surface area contributed by atoms with E-state index in [9.17, 15) is 0 Å². The summed E-state index contributed by atoms with van der Waals surface area (Å²) >= 11 is 13.4. The first kappa shape index (κ1) is 15.9. The molecule has 0 aliphatic carbocycles. The maximum Gasteiger partial charge on any atom is 0.120 e. The average Bonchev–Trinajstić information content (AvgIpc) is 2.38. The fraction of sp³-hybridized carbons (Fsp3) is 0.250. The summed E-state index contributed by atoms with van der Waals surface area (Å²) in [5, 5.41) is 0.761. The number of alkyl halides is 1. The molecule has 0 radical (unpaired) electrons. The average molecular weight is 419 g/mol. The van der Waals surface area contributed by atoms with E-state index in [4.69, 9.17) is 16.3 Å². The summed E-state index contributed by atoms with van der Waals surface area (Å²) in [6, 6.07) is 12.0. The van der Waals surface area contributed by atoms with Crippen LogP contribution < -0.4 is 4.74 Å². The number of aryl methyl sites for hydroxylation is 1. The summed E-state index contributed by atoms with van der Waals surface area (Å²) in [5.74, 6) is 0.871. The smallest absolute Gasteiger partial charge is 0.120 e. The molecule has 0 heterocycles. The SMILES string of the molecule is CCOc1ccc(C(Br)c2ccc(Cl)cc2C)c(Br)c1. The van der Waals surface area contributed by atoms with Crippen LogP contribution in [0.25, 0.3) is 0 Å². The topological polar surface area (TPSA) is 9.23 Å². The maximum absolute atomic E-state index is 6.01. The molecule has 1 nitrogen and oxygen atoms in total. The van der Waals surface area contributed by atoms with Crippen LogP contribution in [-0.4, -0.2) is 6.61 Å². The van der Waals surface area contributed by atoms with Gasteiger partial charge in [0.25, 0.3) is 0 Å². The third kappa shape index (κ3) is 3.57. The van der Waals surface area contributed by atoms with Crippen molar-refractivity contribution in [2.75, 3.05) is 6.61 Å². The standard InChI is InChI=1S/C16H15Br2ClO/c1-3-20-12-5-7-14(15(17)9-12)16(18)13-6-4-11(19)8-10(13)2/h4-9,16H,3H2,1-2H3. The molecular formula is C16H15Br2ClO. The Labute approximate surface area is 141 Å². The molecule has 0 bridgehead atoms. The van der Waals surface area contributed by atoms with Crippen molar-refractivity contribution in [1.82, 2.24) is 0 Å². The van der Waals surface area contributed by atoms with Gasteiger partial charge in [-0.2, -0.15) is 0 Å². The number of hydrogen-bond acceptors (Lipinski definition) is 1. The number of halogens is 3. The molecule has 1 atom stereocenters. The van der Waals surface area contributed by atoms with Crippen molar-refractivity contribution in [3.63, 3.8) is 0 Å². The second-order valence-corrected chi connectivity index (χ2v) is 6.69. The summed E-state index contributed by atoms with van der Waals surface area (Å²) in [6.45, 7) is 4.71. The van der Waals surface area contributed by atoms with Crippen LogP contribution in [0.15, 0.2) is 40.9 Å². The van der Waals surface area contributed by atoms with Crippen LogP contribution in [0.5, 0.6) is 5.75 Å². The Hall–Kier alpha value is -0.510. The zero-order valence-electron chi connectivity index (χ0n) is 11.3. The highest BCUT2D eigenvalue weighted by molar-refractivity contribution is 9.11. The number of ether oxygens (including phenoxy) is 1. The Bertz CT molecular complexity index is 613. The van der Waals surface area contributed by atoms with Crippen LogP contribution in [0.1, 0.15) is 28.4 Å². The molecule has 0 saturated carbocycles. The maximum atomic E-state index is 6.01. The van der Waals surface area contributed by atoms with Gasteiger partial charge in [0.05, 0.1) is 11.4 Å². The van der Waals surface area contributed by atoms with Crippen molar-refractivity contribution in [3.8, 4) is 5.75 Å². The van der Waals surface area contributed by atoms with E-state index in [1.165, 1.54) is 16.7 Å². The van der Waals surface area contributed by atoms with Gasteiger partial charge in [-0.15, -0.1) is 0 Å². The zero-order chi connectivity index (χ0) is 14.7. The third-order valence-electron chi connectivity index (χ3n) is 3.06. The van der Waals surface area contributed by atoms with Gasteiger partial charge in [-0.25, -0.2) is 0 Å². The Morgan fingerprint density at radius 2 is 1.85 bits per heavy atom. The van der Waals surface area contributed by atoms with E-state index in [-0.39, 0.29) is 4.83 Å². The van der Waals surface area contributed by atoms with Crippen molar-refractivity contribution in [3.05, 3.63) is 62.6 Å².